The Bertz CT molecular complexity index is 484. The minimum Gasteiger partial charge on any atom is -0.493 e. The molecule has 0 spiro atoms. The minimum atomic E-state index is -0.336. The van der Waals surface area contributed by atoms with Gasteiger partial charge in [0.2, 0.25) is 5.91 Å². The zero-order chi connectivity index (χ0) is 13.7. The molecule has 102 valence electrons. The predicted molar refractivity (Wildman–Crippen MR) is 69.2 cm³/mol. The number of hydrogen-bond donors (Lipinski definition) is 1. The van der Waals surface area contributed by atoms with E-state index >= 15 is 0 Å². The summed E-state index contributed by atoms with van der Waals surface area (Å²) in [7, 11) is 0. The second-order valence-corrected chi connectivity index (χ2v) is 4.39. The third-order valence-corrected chi connectivity index (χ3v) is 2.85. The van der Waals surface area contributed by atoms with Gasteiger partial charge in [-0.3, -0.25) is 4.79 Å². The SMILES string of the molecule is CC(=O)NCCCOC(=O)c1ccc2c(c1)CCO2. The quantitative estimate of drug-likeness (QED) is 0.642. The third kappa shape index (κ3) is 3.71. The lowest BCUT2D eigenvalue weighted by molar-refractivity contribution is -0.118. The van der Waals surface area contributed by atoms with E-state index in [1.165, 1.54) is 6.92 Å². The Morgan fingerprint density at radius 2 is 2.26 bits per heavy atom. The molecule has 1 aromatic rings. The first-order valence-electron chi connectivity index (χ1n) is 6.34. The van der Waals surface area contributed by atoms with Crippen LogP contribution in [-0.4, -0.2) is 31.6 Å². The molecule has 1 aromatic carbocycles. The Hall–Kier alpha value is -2.04. The van der Waals surface area contributed by atoms with E-state index in [4.69, 9.17) is 9.47 Å². The van der Waals surface area contributed by atoms with Crippen molar-refractivity contribution >= 4 is 11.9 Å². The van der Waals surface area contributed by atoms with Gasteiger partial charge in [0, 0.05) is 19.9 Å². The van der Waals surface area contributed by atoms with Crippen molar-refractivity contribution in [2.75, 3.05) is 19.8 Å². The molecule has 1 heterocycles. The summed E-state index contributed by atoms with van der Waals surface area (Å²) in [4.78, 5) is 22.4. The van der Waals surface area contributed by atoms with E-state index < -0.39 is 0 Å². The average Bonchev–Trinajstić information content (AvgIpc) is 2.84. The zero-order valence-electron chi connectivity index (χ0n) is 10.9. The Morgan fingerprint density at radius 1 is 1.42 bits per heavy atom. The summed E-state index contributed by atoms with van der Waals surface area (Å²) in [5.74, 6) is 0.435. The van der Waals surface area contributed by atoms with Gasteiger partial charge in [-0.1, -0.05) is 0 Å². The fraction of sp³-hybridized carbons (Fsp3) is 0.429. The van der Waals surface area contributed by atoms with Crippen LogP contribution in [0.3, 0.4) is 0 Å². The zero-order valence-corrected chi connectivity index (χ0v) is 10.9. The molecule has 1 amide bonds. The number of amides is 1. The standard InChI is InChI=1S/C14H17NO4/c1-10(16)15-6-2-7-19-14(17)12-3-4-13-11(9-12)5-8-18-13/h3-4,9H,2,5-8H2,1H3,(H,15,16). The molecular weight excluding hydrogens is 246 g/mol. The van der Waals surface area contributed by atoms with Crippen molar-refractivity contribution in [3.05, 3.63) is 29.3 Å². The molecule has 0 bridgehead atoms. The summed E-state index contributed by atoms with van der Waals surface area (Å²) < 4.78 is 10.5. The summed E-state index contributed by atoms with van der Waals surface area (Å²) in [6.45, 7) is 2.94. The molecule has 0 radical (unpaired) electrons. The molecule has 0 aromatic heterocycles. The van der Waals surface area contributed by atoms with Crippen molar-refractivity contribution in [3.63, 3.8) is 0 Å². The summed E-state index contributed by atoms with van der Waals surface area (Å²) in [5.41, 5.74) is 1.59. The largest absolute Gasteiger partial charge is 0.493 e. The number of fused-ring (bicyclic) bond motifs is 1. The Morgan fingerprint density at radius 3 is 3.05 bits per heavy atom. The third-order valence-electron chi connectivity index (χ3n) is 2.85. The summed E-state index contributed by atoms with van der Waals surface area (Å²) in [6.07, 6.45) is 1.44. The molecule has 0 saturated carbocycles. The lowest BCUT2D eigenvalue weighted by atomic mass is 10.1. The molecule has 0 fully saturated rings. The van der Waals surface area contributed by atoms with Crippen molar-refractivity contribution in [1.82, 2.24) is 5.32 Å². The van der Waals surface area contributed by atoms with Crippen LogP contribution in [0.5, 0.6) is 5.75 Å². The molecule has 0 aliphatic carbocycles. The van der Waals surface area contributed by atoms with Crippen molar-refractivity contribution in [3.8, 4) is 5.75 Å². The highest BCUT2D eigenvalue weighted by Gasteiger charge is 2.15. The van der Waals surface area contributed by atoms with E-state index in [0.29, 0.717) is 31.7 Å². The second-order valence-electron chi connectivity index (χ2n) is 4.39. The predicted octanol–water partition coefficient (Wildman–Crippen LogP) is 1.30. The first-order chi connectivity index (χ1) is 9.16. The van der Waals surface area contributed by atoms with Gasteiger partial charge >= 0.3 is 5.97 Å². The molecule has 1 N–H and O–H groups in total. The van der Waals surface area contributed by atoms with Crippen molar-refractivity contribution in [2.45, 2.75) is 19.8 Å². The maximum atomic E-state index is 11.8. The number of benzene rings is 1. The van der Waals surface area contributed by atoms with E-state index in [1.54, 1.807) is 12.1 Å². The second kappa shape index (κ2) is 6.22. The molecule has 0 unspecified atom stereocenters. The van der Waals surface area contributed by atoms with Gasteiger partial charge < -0.3 is 14.8 Å². The summed E-state index contributed by atoms with van der Waals surface area (Å²) >= 11 is 0. The van der Waals surface area contributed by atoms with Crippen LogP contribution in [0.15, 0.2) is 18.2 Å². The van der Waals surface area contributed by atoms with E-state index in [2.05, 4.69) is 5.32 Å². The van der Waals surface area contributed by atoms with Gasteiger partial charge in [0.15, 0.2) is 0 Å². The highest BCUT2D eigenvalue weighted by atomic mass is 16.5. The highest BCUT2D eigenvalue weighted by molar-refractivity contribution is 5.90. The maximum Gasteiger partial charge on any atom is 0.338 e. The molecule has 1 aliphatic heterocycles. The van der Waals surface area contributed by atoms with Crippen molar-refractivity contribution < 1.29 is 19.1 Å². The van der Waals surface area contributed by atoms with Gasteiger partial charge in [0.1, 0.15) is 5.75 Å². The molecule has 2 rings (SSSR count). The number of carbonyl (C=O) groups excluding carboxylic acids is 2. The van der Waals surface area contributed by atoms with Gasteiger partial charge in [0.05, 0.1) is 18.8 Å². The monoisotopic (exact) mass is 263 g/mol. The summed E-state index contributed by atoms with van der Waals surface area (Å²) in [5, 5.41) is 2.65. The Kier molecular flexibility index (Phi) is 4.39. The molecule has 0 saturated heterocycles. The van der Waals surface area contributed by atoms with Crippen LogP contribution >= 0.6 is 0 Å². The van der Waals surface area contributed by atoms with Gasteiger partial charge in [-0.25, -0.2) is 4.79 Å². The maximum absolute atomic E-state index is 11.8. The van der Waals surface area contributed by atoms with Crippen LogP contribution in [0.25, 0.3) is 0 Å². The Balaban J connectivity index is 1.78. The smallest absolute Gasteiger partial charge is 0.338 e. The molecule has 19 heavy (non-hydrogen) atoms. The lowest BCUT2D eigenvalue weighted by Crippen LogP contribution is -2.22. The molecule has 5 heteroatoms. The van der Waals surface area contributed by atoms with E-state index in [1.807, 2.05) is 6.07 Å². The fourth-order valence-corrected chi connectivity index (χ4v) is 1.90. The number of esters is 1. The Labute approximate surface area is 111 Å². The number of rotatable bonds is 5. The summed E-state index contributed by atoms with van der Waals surface area (Å²) in [6, 6.07) is 5.33. The number of nitrogens with one attached hydrogen (secondary N) is 1. The van der Waals surface area contributed by atoms with Crippen LogP contribution in [0.1, 0.15) is 29.3 Å². The van der Waals surface area contributed by atoms with E-state index in [9.17, 15) is 9.59 Å². The van der Waals surface area contributed by atoms with Gasteiger partial charge in [-0.2, -0.15) is 0 Å². The van der Waals surface area contributed by atoms with Crippen molar-refractivity contribution in [2.24, 2.45) is 0 Å². The van der Waals surface area contributed by atoms with Crippen molar-refractivity contribution in [1.29, 1.82) is 0 Å². The molecule has 5 nitrogen and oxygen atoms in total. The molecular formula is C14H17NO4. The van der Waals surface area contributed by atoms with Crippen LogP contribution < -0.4 is 10.1 Å². The number of ether oxygens (including phenoxy) is 2. The van der Waals surface area contributed by atoms with E-state index in [-0.39, 0.29) is 11.9 Å². The highest BCUT2D eigenvalue weighted by Crippen LogP contribution is 2.26. The van der Waals surface area contributed by atoms with Gasteiger partial charge in [-0.05, 0) is 30.2 Å². The first-order valence-corrected chi connectivity index (χ1v) is 6.34. The van der Waals surface area contributed by atoms with Gasteiger partial charge in [-0.15, -0.1) is 0 Å². The number of carbonyl (C=O) groups is 2. The molecule has 0 atom stereocenters. The first kappa shape index (κ1) is 13.4. The molecule has 1 aliphatic rings. The van der Waals surface area contributed by atoms with Crippen LogP contribution in [0.2, 0.25) is 0 Å². The van der Waals surface area contributed by atoms with Crippen LogP contribution in [0, 0.1) is 0 Å². The van der Waals surface area contributed by atoms with Crippen LogP contribution in [-0.2, 0) is 16.0 Å². The fourth-order valence-electron chi connectivity index (χ4n) is 1.90. The lowest BCUT2D eigenvalue weighted by Gasteiger charge is -2.06. The minimum absolute atomic E-state index is 0.0788. The number of hydrogen-bond acceptors (Lipinski definition) is 4. The van der Waals surface area contributed by atoms with Crippen LogP contribution in [0.4, 0.5) is 0 Å². The van der Waals surface area contributed by atoms with Gasteiger partial charge in [0.25, 0.3) is 0 Å². The topological polar surface area (TPSA) is 64.6 Å². The average molecular weight is 263 g/mol. The van der Waals surface area contributed by atoms with E-state index in [0.717, 1.165) is 17.7 Å². The normalized spacial score (nSPS) is 12.5.